The highest BCUT2D eigenvalue weighted by Crippen LogP contribution is 2.21. The van der Waals surface area contributed by atoms with Crippen LogP contribution < -0.4 is 4.72 Å². The number of sulfonamides is 1. The predicted molar refractivity (Wildman–Crippen MR) is 73.0 cm³/mol. The highest BCUT2D eigenvalue weighted by atomic mass is 32.2. The molecule has 0 aliphatic carbocycles. The molecule has 0 spiro atoms. The van der Waals surface area contributed by atoms with E-state index in [4.69, 9.17) is 5.11 Å². The van der Waals surface area contributed by atoms with Crippen LogP contribution in [-0.2, 0) is 20.6 Å². The van der Waals surface area contributed by atoms with Gasteiger partial charge in [-0.1, -0.05) is 32.9 Å². The fraction of sp³-hybridized carbons (Fsp3) is 0.462. The van der Waals surface area contributed by atoms with Gasteiger partial charge in [0.2, 0.25) is 10.0 Å². The number of aliphatic carboxylic acids is 1. The summed E-state index contributed by atoms with van der Waals surface area (Å²) in [4.78, 5) is 11.1. The van der Waals surface area contributed by atoms with E-state index < -0.39 is 39.0 Å². The van der Waals surface area contributed by atoms with Crippen molar-refractivity contribution in [2.45, 2.75) is 32.6 Å². The summed E-state index contributed by atoms with van der Waals surface area (Å²) in [6.07, 6.45) is 0. The molecule has 2 N–H and O–H groups in total. The van der Waals surface area contributed by atoms with Gasteiger partial charge in [0.05, 0.1) is 5.75 Å². The van der Waals surface area contributed by atoms with Crippen LogP contribution in [0, 0.1) is 11.2 Å². The molecule has 0 aliphatic heterocycles. The molecule has 1 aromatic rings. The summed E-state index contributed by atoms with van der Waals surface area (Å²) in [5.41, 5.74) is -0.376. The van der Waals surface area contributed by atoms with Gasteiger partial charge in [-0.25, -0.2) is 17.5 Å². The first-order chi connectivity index (χ1) is 9.01. The Balaban J connectivity index is 2.89. The molecule has 0 heterocycles. The topological polar surface area (TPSA) is 83.5 Å². The molecule has 1 atom stereocenters. The molecule has 1 aromatic carbocycles. The van der Waals surface area contributed by atoms with Crippen molar-refractivity contribution in [3.8, 4) is 0 Å². The lowest BCUT2D eigenvalue weighted by Gasteiger charge is -2.27. The number of nitrogens with one attached hydrogen (secondary N) is 1. The van der Waals surface area contributed by atoms with E-state index in [1.165, 1.54) is 12.1 Å². The van der Waals surface area contributed by atoms with E-state index in [0.717, 1.165) is 12.1 Å². The van der Waals surface area contributed by atoms with Gasteiger partial charge in [0.25, 0.3) is 0 Å². The molecule has 0 fully saturated rings. The van der Waals surface area contributed by atoms with Gasteiger partial charge in [-0.2, -0.15) is 0 Å². The number of halogens is 1. The Hall–Kier alpha value is -1.47. The summed E-state index contributed by atoms with van der Waals surface area (Å²) < 4.78 is 38.9. The number of benzene rings is 1. The summed E-state index contributed by atoms with van der Waals surface area (Å²) in [5.74, 6) is -2.09. The minimum Gasteiger partial charge on any atom is -0.480 e. The van der Waals surface area contributed by atoms with Crippen LogP contribution >= 0.6 is 0 Å². The van der Waals surface area contributed by atoms with Crippen molar-refractivity contribution in [1.82, 2.24) is 4.72 Å². The maximum Gasteiger partial charge on any atom is 0.322 e. The Morgan fingerprint density at radius 1 is 1.30 bits per heavy atom. The fourth-order valence-electron chi connectivity index (χ4n) is 1.62. The summed E-state index contributed by atoms with van der Waals surface area (Å²) >= 11 is 0. The Labute approximate surface area is 117 Å². The van der Waals surface area contributed by atoms with Crippen LogP contribution in [0.15, 0.2) is 24.3 Å². The van der Waals surface area contributed by atoms with Crippen molar-refractivity contribution in [2.24, 2.45) is 5.41 Å². The first kappa shape index (κ1) is 16.6. The van der Waals surface area contributed by atoms with Gasteiger partial charge in [0, 0.05) is 0 Å². The number of hydrogen-bond donors (Lipinski definition) is 2. The molecular weight excluding hydrogens is 285 g/mol. The van der Waals surface area contributed by atoms with Gasteiger partial charge < -0.3 is 5.11 Å². The van der Waals surface area contributed by atoms with Crippen molar-refractivity contribution in [3.63, 3.8) is 0 Å². The Morgan fingerprint density at radius 3 is 2.20 bits per heavy atom. The summed E-state index contributed by atoms with van der Waals surface area (Å²) in [6, 6.07) is 3.78. The SMILES string of the molecule is CC(C)(C)[C@@H](NS(=O)(=O)Cc1ccc(F)cc1)C(=O)O. The Kier molecular flexibility index (Phi) is 4.88. The van der Waals surface area contributed by atoms with E-state index in [1.807, 2.05) is 0 Å². The van der Waals surface area contributed by atoms with Crippen molar-refractivity contribution in [2.75, 3.05) is 0 Å². The van der Waals surface area contributed by atoms with Crippen LogP contribution in [-0.4, -0.2) is 25.5 Å². The number of rotatable bonds is 5. The van der Waals surface area contributed by atoms with E-state index in [0.29, 0.717) is 5.56 Å². The van der Waals surface area contributed by atoms with Crippen LogP contribution in [0.2, 0.25) is 0 Å². The minimum atomic E-state index is -3.83. The normalized spacial score (nSPS) is 14.0. The molecular formula is C13H18FNO4S. The monoisotopic (exact) mass is 303 g/mol. The van der Waals surface area contributed by atoms with Crippen LogP contribution in [0.25, 0.3) is 0 Å². The lowest BCUT2D eigenvalue weighted by atomic mass is 9.88. The highest BCUT2D eigenvalue weighted by Gasteiger charge is 2.34. The molecule has 0 saturated carbocycles. The smallest absolute Gasteiger partial charge is 0.322 e. The predicted octanol–water partition coefficient (Wildman–Crippen LogP) is 1.74. The molecule has 0 amide bonds. The lowest BCUT2D eigenvalue weighted by Crippen LogP contribution is -2.49. The van der Waals surface area contributed by atoms with E-state index in [9.17, 15) is 17.6 Å². The number of carboxylic acid groups (broad SMARTS) is 1. The van der Waals surface area contributed by atoms with Crippen molar-refractivity contribution >= 4 is 16.0 Å². The highest BCUT2D eigenvalue weighted by molar-refractivity contribution is 7.88. The lowest BCUT2D eigenvalue weighted by molar-refractivity contribution is -0.141. The van der Waals surface area contributed by atoms with E-state index >= 15 is 0 Å². The van der Waals surface area contributed by atoms with E-state index in [-0.39, 0.29) is 0 Å². The average Bonchev–Trinajstić information content (AvgIpc) is 2.27. The molecule has 5 nitrogen and oxygen atoms in total. The second-order valence-electron chi connectivity index (χ2n) is 5.64. The second kappa shape index (κ2) is 5.88. The third-order valence-electron chi connectivity index (χ3n) is 2.68. The second-order valence-corrected chi connectivity index (χ2v) is 7.39. The first-order valence-corrected chi connectivity index (χ1v) is 7.64. The molecule has 7 heteroatoms. The molecule has 0 bridgehead atoms. The van der Waals surface area contributed by atoms with Crippen LogP contribution in [0.4, 0.5) is 4.39 Å². The van der Waals surface area contributed by atoms with Gasteiger partial charge in [-0.05, 0) is 23.1 Å². The van der Waals surface area contributed by atoms with Crippen LogP contribution in [0.5, 0.6) is 0 Å². The van der Waals surface area contributed by atoms with Crippen molar-refractivity contribution in [1.29, 1.82) is 0 Å². The van der Waals surface area contributed by atoms with Crippen LogP contribution in [0.3, 0.4) is 0 Å². The van der Waals surface area contributed by atoms with E-state index in [1.54, 1.807) is 20.8 Å². The number of hydrogen-bond acceptors (Lipinski definition) is 3. The quantitative estimate of drug-likeness (QED) is 0.868. The molecule has 1 rings (SSSR count). The zero-order valence-electron chi connectivity index (χ0n) is 11.6. The van der Waals surface area contributed by atoms with Crippen molar-refractivity contribution < 1.29 is 22.7 Å². The maximum atomic E-state index is 12.7. The summed E-state index contributed by atoms with van der Waals surface area (Å²) in [7, 11) is -3.83. The molecule has 0 saturated heterocycles. The minimum absolute atomic E-state index is 0.386. The molecule has 112 valence electrons. The Morgan fingerprint density at radius 2 is 1.80 bits per heavy atom. The third kappa shape index (κ3) is 4.90. The largest absolute Gasteiger partial charge is 0.480 e. The first-order valence-electron chi connectivity index (χ1n) is 5.98. The zero-order valence-corrected chi connectivity index (χ0v) is 12.4. The molecule has 0 aromatic heterocycles. The zero-order chi connectivity index (χ0) is 15.6. The average molecular weight is 303 g/mol. The molecule has 20 heavy (non-hydrogen) atoms. The standard InChI is InChI=1S/C13H18FNO4S/c1-13(2,3)11(12(16)17)15-20(18,19)8-9-4-6-10(14)7-5-9/h4-7,11,15H,8H2,1-3H3,(H,16,17)/t11-/m0/s1. The van der Waals surface area contributed by atoms with Crippen molar-refractivity contribution in [3.05, 3.63) is 35.6 Å². The maximum absolute atomic E-state index is 12.7. The van der Waals surface area contributed by atoms with Gasteiger partial charge >= 0.3 is 5.97 Å². The summed E-state index contributed by atoms with van der Waals surface area (Å²) in [6.45, 7) is 4.89. The van der Waals surface area contributed by atoms with Gasteiger partial charge in [-0.3, -0.25) is 4.79 Å². The van der Waals surface area contributed by atoms with Gasteiger partial charge in [-0.15, -0.1) is 0 Å². The molecule has 0 radical (unpaired) electrons. The summed E-state index contributed by atoms with van der Waals surface area (Å²) in [5, 5.41) is 9.10. The third-order valence-corrected chi connectivity index (χ3v) is 3.99. The fourth-order valence-corrected chi connectivity index (χ4v) is 3.15. The Bertz CT molecular complexity index is 575. The van der Waals surface area contributed by atoms with E-state index in [2.05, 4.69) is 4.72 Å². The number of carboxylic acids is 1. The van der Waals surface area contributed by atoms with Crippen LogP contribution in [0.1, 0.15) is 26.3 Å². The van der Waals surface area contributed by atoms with Gasteiger partial charge in [0.1, 0.15) is 11.9 Å². The molecule has 0 aliphatic rings. The molecule has 0 unspecified atom stereocenters. The number of carbonyl (C=O) groups is 1. The van der Waals surface area contributed by atoms with Gasteiger partial charge in [0.15, 0.2) is 0 Å².